The minimum absolute atomic E-state index is 0.149. The molecule has 0 aromatic heterocycles. The summed E-state index contributed by atoms with van der Waals surface area (Å²) in [5.41, 5.74) is 0.602. The number of benzene rings is 1. The summed E-state index contributed by atoms with van der Waals surface area (Å²) < 4.78 is 36.0. The Labute approximate surface area is 100.0 Å². The van der Waals surface area contributed by atoms with Crippen molar-refractivity contribution in [3.8, 4) is 6.07 Å². The van der Waals surface area contributed by atoms with E-state index in [9.17, 15) is 12.8 Å². The van der Waals surface area contributed by atoms with Gasteiger partial charge in [0.05, 0.1) is 12.6 Å². The van der Waals surface area contributed by atoms with E-state index in [1.54, 1.807) is 6.92 Å². The fourth-order valence-electron chi connectivity index (χ4n) is 1.40. The molecule has 6 heteroatoms. The summed E-state index contributed by atoms with van der Waals surface area (Å²) in [7, 11) is -3.54. The Balaban J connectivity index is 3.02. The molecule has 1 rings (SSSR count). The zero-order chi connectivity index (χ0) is 13.1. The number of rotatable bonds is 4. The Morgan fingerprint density at radius 2 is 2.18 bits per heavy atom. The molecule has 92 valence electrons. The van der Waals surface area contributed by atoms with E-state index in [-0.39, 0.29) is 17.5 Å². The summed E-state index contributed by atoms with van der Waals surface area (Å²) in [4.78, 5) is -0.311. The van der Waals surface area contributed by atoms with Crippen molar-refractivity contribution in [2.24, 2.45) is 0 Å². The van der Waals surface area contributed by atoms with Crippen LogP contribution in [0.25, 0.3) is 0 Å². The lowest BCUT2D eigenvalue weighted by Crippen LogP contribution is -2.19. The van der Waals surface area contributed by atoms with E-state index in [1.807, 2.05) is 6.07 Å². The number of nitriles is 1. The number of hydrogen-bond donors (Lipinski definition) is 1. The van der Waals surface area contributed by atoms with Gasteiger partial charge < -0.3 is 0 Å². The van der Waals surface area contributed by atoms with Crippen molar-refractivity contribution in [3.05, 3.63) is 29.6 Å². The van der Waals surface area contributed by atoms with Crippen LogP contribution in [-0.4, -0.2) is 21.2 Å². The maximum atomic E-state index is 13.6. The number of nitrogens with zero attached hydrogens (tertiary/aromatic N) is 1. The molecule has 1 atom stereocenters. The van der Waals surface area contributed by atoms with Gasteiger partial charge in [-0.3, -0.25) is 5.32 Å². The lowest BCUT2D eigenvalue weighted by molar-refractivity contribution is 0.561. The number of halogens is 1. The van der Waals surface area contributed by atoms with Crippen LogP contribution in [0.1, 0.15) is 18.5 Å². The van der Waals surface area contributed by atoms with Crippen molar-refractivity contribution in [1.29, 1.82) is 5.26 Å². The van der Waals surface area contributed by atoms with Crippen LogP contribution in [0.3, 0.4) is 0 Å². The molecule has 0 radical (unpaired) electrons. The third kappa shape index (κ3) is 3.51. The van der Waals surface area contributed by atoms with Crippen molar-refractivity contribution < 1.29 is 12.8 Å². The molecule has 0 saturated heterocycles. The van der Waals surface area contributed by atoms with Gasteiger partial charge in [0.15, 0.2) is 9.84 Å². The molecule has 4 nitrogen and oxygen atoms in total. The first kappa shape index (κ1) is 13.6. The molecule has 0 unspecified atom stereocenters. The predicted molar refractivity (Wildman–Crippen MR) is 61.5 cm³/mol. The van der Waals surface area contributed by atoms with Crippen molar-refractivity contribution in [3.63, 3.8) is 0 Å². The van der Waals surface area contributed by atoms with Crippen LogP contribution in [0.2, 0.25) is 0 Å². The zero-order valence-corrected chi connectivity index (χ0v) is 10.4. The van der Waals surface area contributed by atoms with Crippen molar-refractivity contribution in [2.75, 3.05) is 12.8 Å². The van der Waals surface area contributed by atoms with E-state index in [0.29, 0.717) is 5.56 Å². The molecular weight excluding hydrogens is 243 g/mol. The molecule has 17 heavy (non-hydrogen) atoms. The Morgan fingerprint density at radius 3 is 2.65 bits per heavy atom. The molecule has 0 spiro atoms. The lowest BCUT2D eigenvalue weighted by atomic mass is 10.1. The quantitative estimate of drug-likeness (QED) is 0.827. The Bertz CT molecular complexity index is 549. The first-order valence-electron chi connectivity index (χ1n) is 4.96. The minimum Gasteiger partial charge on any atom is -0.298 e. The van der Waals surface area contributed by atoms with Gasteiger partial charge in [-0.1, -0.05) is 6.07 Å². The van der Waals surface area contributed by atoms with Gasteiger partial charge in [0, 0.05) is 12.3 Å². The van der Waals surface area contributed by atoms with E-state index in [4.69, 9.17) is 5.26 Å². The number of nitrogens with one attached hydrogen (secondary N) is 1. The molecule has 0 aliphatic carbocycles. The van der Waals surface area contributed by atoms with Crippen LogP contribution in [-0.2, 0) is 9.84 Å². The third-order valence-corrected chi connectivity index (χ3v) is 3.47. The SMILES string of the molecule is C[C@H](NCC#N)c1ccc(S(C)(=O)=O)c(F)c1. The number of sulfone groups is 1. The van der Waals surface area contributed by atoms with Gasteiger partial charge in [0.25, 0.3) is 0 Å². The molecule has 0 amide bonds. The Morgan fingerprint density at radius 1 is 1.53 bits per heavy atom. The normalized spacial score (nSPS) is 13.1. The molecule has 0 fully saturated rings. The van der Waals surface area contributed by atoms with Gasteiger partial charge in [-0.05, 0) is 24.6 Å². The maximum absolute atomic E-state index is 13.6. The second-order valence-electron chi connectivity index (χ2n) is 3.72. The van der Waals surface area contributed by atoms with E-state index >= 15 is 0 Å². The molecule has 0 aliphatic rings. The van der Waals surface area contributed by atoms with Gasteiger partial charge >= 0.3 is 0 Å². The predicted octanol–water partition coefficient (Wildman–Crippen LogP) is 1.40. The third-order valence-electron chi connectivity index (χ3n) is 2.34. The van der Waals surface area contributed by atoms with Crippen LogP contribution in [0, 0.1) is 17.1 Å². The Hall–Kier alpha value is -1.45. The smallest absolute Gasteiger partial charge is 0.178 e. The molecule has 0 saturated carbocycles. The summed E-state index contributed by atoms with van der Waals surface area (Å²) in [5, 5.41) is 11.3. The van der Waals surface area contributed by atoms with Crippen LogP contribution >= 0.6 is 0 Å². The highest BCUT2D eigenvalue weighted by Crippen LogP contribution is 2.19. The standard InChI is InChI=1S/C11H13FN2O2S/c1-8(14-6-5-13)9-3-4-11(10(12)7-9)17(2,15)16/h3-4,7-8,14H,6H2,1-2H3/t8-/m0/s1. The summed E-state index contributed by atoms with van der Waals surface area (Å²) >= 11 is 0. The fraction of sp³-hybridized carbons (Fsp3) is 0.364. The molecule has 1 aromatic rings. The topological polar surface area (TPSA) is 70.0 Å². The number of hydrogen-bond acceptors (Lipinski definition) is 4. The monoisotopic (exact) mass is 256 g/mol. The summed E-state index contributed by atoms with van der Waals surface area (Å²) in [5.74, 6) is -0.768. The van der Waals surface area contributed by atoms with Crippen molar-refractivity contribution in [2.45, 2.75) is 17.9 Å². The van der Waals surface area contributed by atoms with Crippen LogP contribution < -0.4 is 5.32 Å². The van der Waals surface area contributed by atoms with Crippen LogP contribution in [0.5, 0.6) is 0 Å². The summed E-state index contributed by atoms with van der Waals surface area (Å²) in [6, 6.07) is 5.66. The zero-order valence-electron chi connectivity index (χ0n) is 9.57. The summed E-state index contributed by atoms with van der Waals surface area (Å²) in [6.07, 6.45) is 0.961. The van der Waals surface area contributed by atoms with Gasteiger partial charge in [-0.2, -0.15) is 5.26 Å². The van der Waals surface area contributed by atoms with Gasteiger partial charge in [0.1, 0.15) is 10.7 Å². The van der Waals surface area contributed by atoms with E-state index in [2.05, 4.69) is 5.32 Å². The van der Waals surface area contributed by atoms with E-state index in [0.717, 1.165) is 6.26 Å². The second-order valence-corrected chi connectivity index (χ2v) is 5.71. The lowest BCUT2D eigenvalue weighted by Gasteiger charge is -2.12. The maximum Gasteiger partial charge on any atom is 0.178 e. The van der Waals surface area contributed by atoms with Crippen LogP contribution in [0.4, 0.5) is 4.39 Å². The highest BCUT2D eigenvalue weighted by atomic mass is 32.2. The average Bonchev–Trinajstić information content (AvgIpc) is 2.23. The van der Waals surface area contributed by atoms with Gasteiger partial charge in [-0.15, -0.1) is 0 Å². The highest BCUT2D eigenvalue weighted by molar-refractivity contribution is 7.90. The minimum atomic E-state index is -3.54. The molecule has 0 aliphatic heterocycles. The molecule has 0 bridgehead atoms. The van der Waals surface area contributed by atoms with Crippen LogP contribution in [0.15, 0.2) is 23.1 Å². The average molecular weight is 256 g/mol. The van der Waals surface area contributed by atoms with Crippen molar-refractivity contribution in [1.82, 2.24) is 5.32 Å². The molecule has 1 N–H and O–H groups in total. The molecular formula is C11H13FN2O2S. The second kappa shape index (κ2) is 5.25. The first-order valence-corrected chi connectivity index (χ1v) is 6.85. The summed E-state index contributed by atoms with van der Waals surface area (Å²) in [6.45, 7) is 1.92. The fourth-order valence-corrected chi connectivity index (χ4v) is 2.13. The molecule has 1 aromatic carbocycles. The van der Waals surface area contributed by atoms with E-state index < -0.39 is 15.7 Å². The Kier molecular flexibility index (Phi) is 4.21. The van der Waals surface area contributed by atoms with Gasteiger partial charge in [0.2, 0.25) is 0 Å². The van der Waals surface area contributed by atoms with Gasteiger partial charge in [-0.25, -0.2) is 12.8 Å². The molecule has 0 heterocycles. The van der Waals surface area contributed by atoms with Crippen molar-refractivity contribution >= 4 is 9.84 Å². The first-order chi connectivity index (χ1) is 7.86. The largest absolute Gasteiger partial charge is 0.298 e. The van der Waals surface area contributed by atoms with E-state index in [1.165, 1.54) is 18.2 Å². The highest BCUT2D eigenvalue weighted by Gasteiger charge is 2.15.